The molecule has 0 amide bonds. The molecule has 0 unspecified atom stereocenters. The number of thiazole rings is 1. The number of fused-ring (bicyclic) bond motifs is 1. The molecule has 0 aliphatic carbocycles. The third kappa shape index (κ3) is 1.64. The monoisotopic (exact) mass is 179 g/mol. The maximum absolute atomic E-state index is 4.24. The Morgan fingerprint density at radius 3 is 2.67 bits per heavy atom. The minimum absolute atomic E-state index is 1.15. The summed E-state index contributed by atoms with van der Waals surface area (Å²) in [6.07, 6.45) is 0. The number of nitrogens with zero attached hydrogens (tertiary/aromatic N) is 1. The summed E-state index contributed by atoms with van der Waals surface area (Å²) in [7, 11) is 0. The van der Waals surface area contributed by atoms with Crippen LogP contribution in [0.25, 0.3) is 10.2 Å². The van der Waals surface area contributed by atoms with Crippen molar-refractivity contribution < 1.29 is 0 Å². The molecule has 0 saturated heterocycles. The lowest BCUT2D eigenvalue weighted by molar-refractivity contribution is 1.43. The molecule has 0 aliphatic rings. The van der Waals surface area contributed by atoms with Crippen molar-refractivity contribution in [1.82, 2.24) is 4.98 Å². The zero-order valence-electron chi connectivity index (χ0n) is 7.66. The van der Waals surface area contributed by atoms with E-state index in [0.29, 0.717) is 0 Å². The Bertz CT molecular complexity index is 351. The third-order valence-corrected chi connectivity index (χ3v) is 2.36. The van der Waals surface area contributed by atoms with Crippen LogP contribution >= 0.6 is 11.3 Å². The normalized spacial score (nSPS) is 9.25. The van der Waals surface area contributed by atoms with Crippen LogP contribution in [0.15, 0.2) is 23.7 Å². The second-order valence-corrected chi connectivity index (χ2v) is 3.16. The fourth-order valence-corrected chi connectivity index (χ4v) is 1.78. The molecule has 0 radical (unpaired) electrons. The van der Waals surface area contributed by atoms with Gasteiger partial charge in [-0.3, -0.25) is 0 Å². The largest absolute Gasteiger partial charge is 0.244 e. The van der Waals surface area contributed by atoms with E-state index in [1.807, 2.05) is 19.4 Å². The van der Waals surface area contributed by atoms with E-state index in [0.717, 1.165) is 5.52 Å². The summed E-state index contributed by atoms with van der Waals surface area (Å²) < 4.78 is 1.28. The van der Waals surface area contributed by atoms with E-state index in [1.165, 1.54) is 10.3 Å². The number of aromatic nitrogens is 1. The van der Waals surface area contributed by atoms with Gasteiger partial charge in [-0.05, 0) is 18.6 Å². The molecule has 0 atom stereocenters. The van der Waals surface area contributed by atoms with Crippen molar-refractivity contribution in [3.05, 3.63) is 29.3 Å². The predicted molar refractivity (Wildman–Crippen MR) is 55.7 cm³/mol. The van der Waals surface area contributed by atoms with Gasteiger partial charge in [-0.15, -0.1) is 11.3 Å². The van der Waals surface area contributed by atoms with Crippen LogP contribution in [0.4, 0.5) is 0 Å². The highest BCUT2D eigenvalue weighted by atomic mass is 32.1. The molecule has 0 fully saturated rings. The fourth-order valence-electron chi connectivity index (χ4n) is 1.03. The van der Waals surface area contributed by atoms with Gasteiger partial charge in [-0.25, -0.2) is 4.98 Å². The van der Waals surface area contributed by atoms with Gasteiger partial charge in [0.05, 0.1) is 15.7 Å². The fraction of sp³-hybridized carbons (Fsp3) is 0.300. The van der Waals surface area contributed by atoms with E-state index in [4.69, 9.17) is 0 Å². The van der Waals surface area contributed by atoms with E-state index in [9.17, 15) is 0 Å². The summed E-state index contributed by atoms with van der Waals surface area (Å²) >= 11 is 1.69. The van der Waals surface area contributed by atoms with Crippen LogP contribution in [-0.4, -0.2) is 4.98 Å². The average Bonchev–Trinajstić information content (AvgIpc) is 2.57. The molecule has 0 N–H and O–H groups in total. The highest BCUT2D eigenvalue weighted by Crippen LogP contribution is 2.19. The Labute approximate surface area is 77.1 Å². The smallest absolute Gasteiger partial charge is 0.0841 e. The zero-order valence-corrected chi connectivity index (χ0v) is 8.48. The van der Waals surface area contributed by atoms with Gasteiger partial charge >= 0.3 is 0 Å². The molecular weight excluding hydrogens is 166 g/mol. The summed E-state index contributed by atoms with van der Waals surface area (Å²) in [4.78, 5) is 4.24. The molecular formula is C10H13NS. The Morgan fingerprint density at radius 2 is 2.00 bits per heavy atom. The standard InChI is InChI=1S/C8H7NS.C2H6/c1-6-3-2-4-7-8(6)9-5-10-7;1-2/h2-5H,1H3;1-2H3. The molecule has 12 heavy (non-hydrogen) atoms. The molecule has 0 aliphatic heterocycles. The van der Waals surface area contributed by atoms with Crippen LogP contribution in [0.1, 0.15) is 19.4 Å². The summed E-state index contributed by atoms with van der Waals surface area (Å²) in [6.45, 7) is 6.09. The summed E-state index contributed by atoms with van der Waals surface area (Å²) in [5.41, 5.74) is 4.30. The summed E-state index contributed by atoms with van der Waals surface area (Å²) in [5, 5.41) is 0. The van der Waals surface area contributed by atoms with E-state index in [-0.39, 0.29) is 0 Å². The molecule has 2 rings (SSSR count). The lowest BCUT2D eigenvalue weighted by Gasteiger charge is -1.90. The molecule has 2 heteroatoms. The molecule has 1 aromatic carbocycles. The Balaban J connectivity index is 0.000000336. The molecule has 0 bridgehead atoms. The number of rotatable bonds is 0. The topological polar surface area (TPSA) is 12.9 Å². The van der Waals surface area contributed by atoms with E-state index >= 15 is 0 Å². The third-order valence-electron chi connectivity index (χ3n) is 1.56. The minimum Gasteiger partial charge on any atom is -0.244 e. The Morgan fingerprint density at radius 1 is 1.25 bits per heavy atom. The number of hydrogen-bond acceptors (Lipinski definition) is 2. The lowest BCUT2D eigenvalue weighted by atomic mass is 10.2. The first-order chi connectivity index (χ1) is 5.88. The number of para-hydroxylation sites is 1. The van der Waals surface area contributed by atoms with Crippen molar-refractivity contribution >= 4 is 21.6 Å². The quantitative estimate of drug-likeness (QED) is 0.601. The summed E-state index contributed by atoms with van der Waals surface area (Å²) in [6, 6.07) is 6.25. The van der Waals surface area contributed by atoms with E-state index < -0.39 is 0 Å². The van der Waals surface area contributed by atoms with Crippen LogP contribution in [0, 0.1) is 6.92 Å². The van der Waals surface area contributed by atoms with E-state index in [2.05, 4.69) is 30.1 Å². The molecule has 2 aromatic rings. The maximum Gasteiger partial charge on any atom is 0.0841 e. The first-order valence-corrected chi connectivity index (χ1v) is 5.05. The minimum atomic E-state index is 1.15. The van der Waals surface area contributed by atoms with Crippen molar-refractivity contribution in [2.75, 3.05) is 0 Å². The zero-order chi connectivity index (χ0) is 8.97. The van der Waals surface area contributed by atoms with Crippen molar-refractivity contribution in [3.63, 3.8) is 0 Å². The molecule has 0 spiro atoms. The number of aryl methyl sites for hydroxylation is 1. The van der Waals surface area contributed by atoms with Crippen molar-refractivity contribution in [3.8, 4) is 0 Å². The highest BCUT2D eigenvalue weighted by Gasteiger charge is 1.96. The molecule has 64 valence electrons. The Hall–Kier alpha value is -0.890. The van der Waals surface area contributed by atoms with Gasteiger partial charge in [0.2, 0.25) is 0 Å². The van der Waals surface area contributed by atoms with Gasteiger partial charge < -0.3 is 0 Å². The van der Waals surface area contributed by atoms with Crippen molar-refractivity contribution in [2.24, 2.45) is 0 Å². The highest BCUT2D eigenvalue weighted by molar-refractivity contribution is 7.16. The Kier molecular flexibility index (Phi) is 3.23. The van der Waals surface area contributed by atoms with Gasteiger partial charge in [0.15, 0.2) is 0 Å². The second kappa shape index (κ2) is 4.21. The van der Waals surface area contributed by atoms with Gasteiger partial charge in [0.25, 0.3) is 0 Å². The van der Waals surface area contributed by atoms with Gasteiger partial charge in [0, 0.05) is 0 Å². The number of benzene rings is 1. The average molecular weight is 179 g/mol. The van der Waals surface area contributed by atoms with Gasteiger partial charge in [0.1, 0.15) is 0 Å². The van der Waals surface area contributed by atoms with Gasteiger partial charge in [-0.1, -0.05) is 26.0 Å². The molecule has 1 nitrogen and oxygen atoms in total. The van der Waals surface area contributed by atoms with Crippen LogP contribution in [0.3, 0.4) is 0 Å². The van der Waals surface area contributed by atoms with Crippen molar-refractivity contribution in [1.29, 1.82) is 0 Å². The second-order valence-electron chi connectivity index (χ2n) is 2.27. The van der Waals surface area contributed by atoms with E-state index in [1.54, 1.807) is 11.3 Å². The van der Waals surface area contributed by atoms with Gasteiger partial charge in [-0.2, -0.15) is 0 Å². The van der Waals surface area contributed by atoms with Crippen LogP contribution in [0.5, 0.6) is 0 Å². The number of hydrogen-bond donors (Lipinski definition) is 0. The first kappa shape index (κ1) is 9.20. The SMILES string of the molecule is CC.Cc1cccc2scnc12. The van der Waals surface area contributed by atoms with Crippen molar-refractivity contribution in [2.45, 2.75) is 20.8 Å². The maximum atomic E-state index is 4.24. The predicted octanol–water partition coefficient (Wildman–Crippen LogP) is 3.63. The summed E-state index contributed by atoms with van der Waals surface area (Å²) in [5.74, 6) is 0. The molecule has 1 aromatic heterocycles. The van der Waals surface area contributed by atoms with Crippen LogP contribution in [-0.2, 0) is 0 Å². The van der Waals surface area contributed by atoms with Crippen LogP contribution in [0.2, 0.25) is 0 Å². The van der Waals surface area contributed by atoms with Crippen LogP contribution < -0.4 is 0 Å². The molecule has 0 saturated carbocycles. The lowest BCUT2D eigenvalue weighted by Crippen LogP contribution is -1.72. The first-order valence-electron chi connectivity index (χ1n) is 4.17. The molecule has 1 heterocycles.